The molecule has 1 atom stereocenters. The predicted molar refractivity (Wildman–Crippen MR) is 69.2 cm³/mol. The van der Waals surface area contributed by atoms with Crippen molar-refractivity contribution in [2.75, 3.05) is 19.6 Å². The first-order chi connectivity index (χ1) is 7.11. The number of hydrogen-bond donors (Lipinski definition) is 1. The van der Waals surface area contributed by atoms with Gasteiger partial charge in [-0.15, -0.1) is 13.2 Å². The molecular weight excluding hydrogens is 184 g/mol. The Labute approximate surface area is 95.0 Å². The molecule has 0 amide bonds. The predicted octanol–water partition coefficient (Wildman–Crippen LogP) is 2.44. The van der Waals surface area contributed by atoms with Crippen LogP contribution < -0.4 is 5.32 Å². The van der Waals surface area contributed by atoms with E-state index in [4.69, 9.17) is 0 Å². The Balaban J connectivity index is 3.84. The van der Waals surface area contributed by atoms with E-state index in [1.165, 1.54) is 6.42 Å². The number of rotatable bonds is 9. The van der Waals surface area contributed by atoms with Crippen molar-refractivity contribution in [3.63, 3.8) is 0 Å². The molecule has 0 bridgehead atoms. The van der Waals surface area contributed by atoms with Gasteiger partial charge in [-0.3, -0.25) is 4.90 Å². The lowest BCUT2D eigenvalue weighted by atomic mass is 10.2. The summed E-state index contributed by atoms with van der Waals surface area (Å²) in [6.07, 6.45) is 5.08. The maximum atomic E-state index is 3.78. The molecule has 0 aliphatic rings. The van der Waals surface area contributed by atoms with Gasteiger partial charge >= 0.3 is 0 Å². The summed E-state index contributed by atoms with van der Waals surface area (Å²) in [5.74, 6) is 0. The third kappa shape index (κ3) is 7.34. The molecule has 0 aromatic heterocycles. The minimum atomic E-state index is 0.574. The Morgan fingerprint density at radius 2 is 1.67 bits per heavy atom. The topological polar surface area (TPSA) is 15.3 Å². The normalized spacial score (nSPS) is 13.1. The second kappa shape index (κ2) is 8.69. The molecule has 2 nitrogen and oxygen atoms in total. The molecule has 0 aromatic carbocycles. The summed E-state index contributed by atoms with van der Waals surface area (Å²) >= 11 is 0. The van der Waals surface area contributed by atoms with Crippen LogP contribution in [-0.4, -0.2) is 36.6 Å². The Hall–Kier alpha value is -0.600. The van der Waals surface area contributed by atoms with Gasteiger partial charge in [0.05, 0.1) is 0 Å². The van der Waals surface area contributed by atoms with Crippen LogP contribution >= 0.6 is 0 Å². The molecule has 88 valence electrons. The maximum absolute atomic E-state index is 3.78. The molecule has 0 rings (SSSR count). The Bertz CT molecular complexity index is 165. The smallest absolute Gasteiger partial charge is 0.0166 e. The van der Waals surface area contributed by atoms with Crippen molar-refractivity contribution in [1.82, 2.24) is 10.2 Å². The molecule has 1 unspecified atom stereocenters. The Kier molecular flexibility index (Phi) is 8.34. The molecule has 0 fully saturated rings. The third-order valence-electron chi connectivity index (χ3n) is 2.47. The van der Waals surface area contributed by atoms with Gasteiger partial charge < -0.3 is 5.32 Å². The lowest BCUT2D eigenvalue weighted by molar-refractivity contribution is 0.242. The quantitative estimate of drug-likeness (QED) is 0.588. The van der Waals surface area contributed by atoms with Gasteiger partial charge in [0.1, 0.15) is 0 Å². The van der Waals surface area contributed by atoms with E-state index in [2.05, 4.69) is 44.1 Å². The lowest BCUT2D eigenvalue weighted by Gasteiger charge is -2.27. The van der Waals surface area contributed by atoms with Crippen LogP contribution in [0.3, 0.4) is 0 Å². The highest BCUT2D eigenvalue weighted by atomic mass is 15.1. The van der Waals surface area contributed by atoms with Gasteiger partial charge in [-0.05, 0) is 19.9 Å². The molecule has 1 N–H and O–H groups in total. The fourth-order valence-electron chi connectivity index (χ4n) is 1.53. The van der Waals surface area contributed by atoms with Crippen molar-refractivity contribution in [2.45, 2.75) is 39.3 Å². The molecule has 0 saturated carbocycles. The van der Waals surface area contributed by atoms with E-state index in [9.17, 15) is 0 Å². The summed E-state index contributed by atoms with van der Waals surface area (Å²) < 4.78 is 0. The molecule has 0 saturated heterocycles. The minimum absolute atomic E-state index is 0.574. The summed E-state index contributed by atoms with van der Waals surface area (Å²) in [5.41, 5.74) is 0. The fraction of sp³-hybridized carbons (Fsp3) is 0.692. The van der Waals surface area contributed by atoms with Crippen LogP contribution in [0.4, 0.5) is 0 Å². The van der Waals surface area contributed by atoms with Crippen molar-refractivity contribution in [1.29, 1.82) is 0 Å². The van der Waals surface area contributed by atoms with Crippen LogP contribution in [0, 0.1) is 0 Å². The van der Waals surface area contributed by atoms with E-state index in [1.54, 1.807) is 0 Å². The third-order valence-corrected chi connectivity index (χ3v) is 2.47. The largest absolute Gasteiger partial charge is 0.314 e. The van der Waals surface area contributed by atoms with Gasteiger partial charge in [-0.1, -0.05) is 26.0 Å². The summed E-state index contributed by atoms with van der Waals surface area (Å²) in [5, 5.41) is 3.44. The maximum Gasteiger partial charge on any atom is 0.0166 e. The first-order valence-electron chi connectivity index (χ1n) is 5.81. The van der Waals surface area contributed by atoms with Gasteiger partial charge in [0.2, 0.25) is 0 Å². The highest BCUT2D eigenvalue weighted by Gasteiger charge is 2.10. The zero-order valence-corrected chi connectivity index (χ0v) is 10.5. The van der Waals surface area contributed by atoms with Gasteiger partial charge in [0, 0.05) is 25.2 Å². The van der Waals surface area contributed by atoms with Crippen LogP contribution in [0.25, 0.3) is 0 Å². The van der Waals surface area contributed by atoms with Crippen LogP contribution in [0.5, 0.6) is 0 Å². The van der Waals surface area contributed by atoms with Crippen LogP contribution in [0.2, 0.25) is 0 Å². The standard InChI is InChI=1S/C13H26N2/c1-6-10-15(11-7-2)13(5)8-9-14-12(3)4/h6-7,12-14H,1-2,8-11H2,3-5H3. The van der Waals surface area contributed by atoms with Gasteiger partial charge in [-0.2, -0.15) is 0 Å². The number of nitrogens with one attached hydrogen (secondary N) is 1. The highest BCUT2D eigenvalue weighted by Crippen LogP contribution is 2.03. The summed E-state index contributed by atoms with van der Waals surface area (Å²) in [4.78, 5) is 2.38. The average Bonchev–Trinajstić information content (AvgIpc) is 2.16. The molecule has 2 heteroatoms. The number of hydrogen-bond acceptors (Lipinski definition) is 2. The van der Waals surface area contributed by atoms with Crippen LogP contribution in [0.1, 0.15) is 27.2 Å². The van der Waals surface area contributed by atoms with E-state index in [0.717, 1.165) is 19.6 Å². The lowest BCUT2D eigenvalue weighted by Crippen LogP contribution is -2.36. The van der Waals surface area contributed by atoms with Crippen molar-refractivity contribution < 1.29 is 0 Å². The van der Waals surface area contributed by atoms with Crippen molar-refractivity contribution >= 4 is 0 Å². The molecule has 0 spiro atoms. The SMILES string of the molecule is C=CCN(CC=C)C(C)CCNC(C)C. The molecule has 0 aliphatic carbocycles. The molecular formula is C13H26N2. The first kappa shape index (κ1) is 14.4. The molecule has 0 heterocycles. The Morgan fingerprint density at radius 1 is 1.13 bits per heavy atom. The molecule has 15 heavy (non-hydrogen) atoms. The molecule has 0 radical (unpaired) electrons. The summed E-state index contributed by atoms with van der Waals surface area (Å²) in [6.45, 7) is 17.1. The van der Waals surface area contributed by atoms with Gasteiger partial charge in [0.25, 0.3) is 0 Å². The van der Waals surface area contributed by atoms with Gasteiger partial charge in [0.15, 0.2) is 0 Å². The summed E-state index contributed by atoms with van der Waals surface area (Å²) in [6, 6.07) is 1.15. The zero-order valence-electron chi connectivity index (χ0n) is 10.5. The van der Waals surface area contributed by atoms with E-state index >= 15 is 0 Å². The fourth-order valence-corrected chi connectivity index (χ4v) is 1.53. The monoisotopic (exact) mass is 210 g/mol. The first-order valence-corrected chi connectivity index (χ1v) is 5.81. The Morgan fingerprint density at radius 3 is 2.07 bits per heavy atom. The number of nitrogens with zero attached hydrogens (tertiary/aromatic N) is 1. The van der Waals surface area contributed by atoms with E-state index in [-0.39, 0.29) is 0 Å². The summed E-state index contributed by atoms with van der Waals surface area (Å²) in [7, 11) is 0. The average molecular weight is 210 g/mol. The van der Waals surface area contributed by atoms with Gasteiger partial charge in [-0.25, -0.2) is 0 Å². The van der Waals surface area contributed by atoms with Crippen molar-refractivity contribution in [3.8, 4) is 0 Å². The minimum Gasteiger partial charge on any atom is -0.314 e. The van der Waals surface area contributed by atoms with E-state index in [1.807, 2.05) is 12.2 Å². The molecule has 0 aromatic rings. The second-order valence-electron chi connectivity index (χ2n) is 4.28. The zero-order chi connectivity index (χ0) is 11.7. The molecule has 0 aliphatic heterocycles. The second-order valence-corrected chi connectivity index (χ2v) is 4.28. The van der Waals surface area contributed by atoms with Crippen molar-refractivity contribution in [2.24, 2.45) is 0 Å². The van der Waals surface area contributed by atoms with E-state index in [0.29, 0.717) is 12.1 Å². The van der Waals surface area contributed by atoms with Crippen molar-refractivity contribution in [3.05, 3.63) is 25.3 Å². The van der Waals surface area contributed by atoms with Crippen LogP contribution in [0.15, 0.2) is 25.3 Å². The highest BCUT2D eigenvalue weighted by molar-refractivity contribution is 4.83. The van der Waals surface area contributed by atoms with E-state index < -0.39 is 0 Å². The van der Waals surface area contributed by atoms with Crippen LogP contribution in [-0.2, 0) is 0 Å².